The van der Waals surface area contributed by atoms with E-state index in [9.17, 15) is 22.8 Å². The molecule has 0 aromatic carbocycles. The number of nitrogens with one attached hydrogen (secondary N) is 1. The van der Waals surface area contributed by atoms with Gasteiger partial charge >= 0.3 is 6.18 Å². The lowest BCUT2D eigenvalue weighted by Crippen LogP contribution is -2.45. The number of ether oxygens (including phenoxy) is 1. The second kappa shape index (κ2) is 8.86. The highest BCUT2D eigenvalue weighted by atomic mass is 32.1. The molecule has 1 aromatic heterocycles. The van der Waals surface area contributed by atoms with E-state index in [-0.39, 0.29) is 56.1 Å². The first-order chi connectivity index (χ1) is 13.3. The molecular formula is C16H20F3N5O3S. The van der Waals surface area contributed by atoms with Crippen LogP contribution < -0.4 is 10.2 Å². The molecule has 0 unspecified atom stereocenters. The summed E-state index contributed by atoms with van der Waals surface area (Å²) in [5, 5.41) is 8.65. The quantitative estimate of drug-likeness (QED) is 0.771. The van der Waals surface area contributed by atoms with E-state index in [1.54, 1.807) is 15.9 Å². The number of carbonyl (C=O) groups is 2. The summed E-state index contributed by atoms with van der Waals surface area (Å²) in [5.74, 6) is -0.390. The number of rotatable bonds is 2. The van der Waals surface area contributed by atoms with Crippen molar-refractivity contribution in [3.63, 3.8) is 0 Å². The molecule has 0 aliphatic carbocycles. The van der Waals surface area contributed by atoms with Gasteiger partial charge in [0.05, 0.1) is 13.2 Å². The molecule has 0 saturated carbocycles. The number of aromatic nitrogens is 2. The van der Waals surface area contributed by atoms with Gasteiger partial charge in [0, 0.05) is 51.1 Å². The standard InChI is InChI=1S/C16H20F3N5O3S/c17-16(18,19)14-21-22-15(28-14)24-6-4-20-12(25)1-5-23(7-8-24)13(26)11-2-9-27-10-3-11/h2H,1,3-10H2,(H,20,25). The molecule has 0 bridgehead atoms. The highest BCUT2D eigenvalue weighted by Gasteiger charge is 2.36. The molecule has 2 aliphatic rings. The Kier molecular flexibility index (Phi) is 6.50. The van der Waals surface area contributed by atoms with Crippen LogP contribution in [0.5, 0.6) is 0 Å². The lowest BCUT2D eigenvalue weighted by molar-refractivity contribution is -0.138. The minimum absolute atomic E-state index is 0.111. The fourth-order valence-electron chi connectivity index (χ4n) is 2.90. The van der Waals surface area contributed by atoms with Gasteiger partial charge in [0.1, 0.15) is 0 Å². The van der Waals surface area contributed by atoms with Gasteiger partial charge in [-0.1, -0.05) is 17.4 Å². The average Bonchev–Trinajstić information content (AvgIpc) is 3.17. The Bertz CT molecular complexity index is 752. The molecule has 1 aromatic rings. The Hall–Kier alpha value is -2.21. The van der Waals surface area contributed by atoms with Gasteiger partial charge in [-0.15, -0.1) is 10.2 Å². The molecule has 0 atom stereocenters. The molecule has 8 nitrogen and oxygen atoms in total. The molecule has 12 heteroatoms. The minimum Gasteiger partial charge on any atom is -0.377 e. The minimum atomic E-state index is -4.56. The number of amides is 2. The van der Waals surface area contributed by atoms with E-state index in [1.165, 1.54) is 0 Å². The van der Waals surface area contributed by atoms with Crippen molar-refractivity contribution in [2.75, 3.05) is 50.8 Å². The highest BCUT2D eigenvalue weighted by molar-refractivity contribution is 7.15. The van der Waals surface area contributed by atoms with E-state index in [0.717, 1.165) is 0 Å². The first kappa shape index (κ1) is 20.5. The summed E-state index contributed by atoms with van der Waals surface area (Å²) in [6.45, 7) is 2.17. The van der Waals surface area contributed by atoms with Crippen LogP contribution in [-0.2, 0) is 20.5 Å². The Balaban J connectivity index is 1.74. The third kappa shape index (κ3) is 5.19. The molecule has 2 amide bonds. The molecular weight excluding hydrogens is 399 g/mol. The van der Waals surface area contributed by atoms with Crippen LogP contribution in [0.1, 0.15) is 17.8 Å². The van der Waals surface area contributed by atoms with Gasteiger partial charge in [-0.05, 0) is 0 Å². The molecule has 1 N–H and O–H groups in total. The van der Waals surface area contributed by atoms with Crippen LogP contribution in [0.4, 0.5) is 18.3 Å². The third-order valence-corrected chi connectivity index (χ3v) is 5.43. The predicted octanol–water partition coefficient (Wildman–Crippen LogP) is 1.06. The van der Waals surface area contributed by atoms with Crippen molar-refractivity contribution < 1.29 is 27.5 Å². The topological polar surface area (TPSA) is 87.7 Å². The smallest absolute Gasteiger partial charge is 0.377 e. The number of halogens is 3. The van der Waals surface area contributed by atoms with Gasteiger partial charge in [-0.25, -0.2) is 0 Å². The van der Waals surface area contributed by atoms with Gasteiger partial charge < -0.3 is 19.9 Å². The van der Waals surface area contributed by atoms with Crippen molar-refractivity contribution in [1.82, 2.24) is 20.4 Å². The Labute approximate surface area is 163 Å². The summed E-state index contributed by atoms with van der Waals surface area (Å²) in [6, 6.07) is 0. The Morgan fingerprint density at radius 2 is 2.00 bits per heavy atom. The van der Waals surface area contributed by atoms with E-state index in [4.69, 9.17) is 4.74 Å². The number of hydrogen-bond acceptors (Lipinski definition) is 7. The van der Waals surface area contributed by atoms with Gasteiger partial charge in [0.2, 0.25) is 22.0 Å². The highest BCUT2D eigenvalue weighted by Crippen LogP contribution is 2.34. The number of carbonyl (C=O) groups excluding carboxylic acids is 2. The number of anilines is 1. The molecule has 2 aliphatic heterocycles. The van der Waals surface area contributed by atoms with Crippen molar-refractivity contribution in [2.24, 2.45) is 0 Å². The zero-order valence-electron chi connectivity index (χ0n) is 15.0. The van der Waals surface area contributed by atoms with E-state index < -0.39 is 11.2 Å². The maximum atomic E-state index is 12.8. The molecule has 154 valence electrons. The fraction of sp³-hybridized carbons (Fsp3) is 0.625. The SMILES string of the molecule is O=C1CCN(C(=O)C2=CCOCC2)CCN(c2nnc(C(F)(F)F)s2)CCN1. The average molecular weight is 419 g/mol. The first-order valence-electron chi connectivity index (χ1n) is 8.83. The summed E-state index contributed by atoms with van der Waals surface area (Å²) in [6.07, 6.45) is -2.16. The van der Waals surface area contributed by atoms with Crippen LogP contribution in [0.2, 0.25) is 0 Å². The van der Waals surface area contributed by atoms with Crippen LogP contribution in [0.15, 0.2) is 11.6 Å². The molecule has 0 radical (unpaired) electrons. The van der Waals surface area contributed by atoms with Crippen molar-refractivity contribution in [3.05, 3.63) is 16.7 Å². The van der Waals surface area contributed by atoms with E-state index in [1.807, 2.05) is 0 Å². The number of nitrogens with zero attached hydrogens (tertiary/aromatic N) is 4. The second-order valence-corrected chi connectivity index (χ2v) is 7.28. The third-order valence-electron chi connectivity index (χ3n) is 4.41. The van der Waals surface area contributed by atoms with Crippen LogP contribution in [-0.4, -0.2) is 72.8 Å². The lowest BCUT2D eigenvalue weighted by Gasteiger charge is -2.30. The number of hydrogen-bond donors (Lipinski definition) is 1. The zero-order valence-corrected chi connectivity index (χ0v) is 15.8. The van der Waals surface area contributed by atoms with Gasteiger partial charge in [0.15, 0.2) is 0 Å². The van der Waals surface area contributed by atoms with Crippen molar-refractivity contribution in [1.29, 1.82) is 0 Å². The molecule has 1 fully saturated rings. The van der Waals surface area contributed by atoms with E-state index >= 15 is 0 Å². The molecule has 3 heterocycles. The summed E-state index contributed by atoms with van der Waals surface area (Å²) in [5.41, 5.74) is 0.630. The lowest BCUT2D eigenvalue weighted by atomic mass is 10.1. The van der Waals surface area contributed by atoms with Crippen molar-refractivity contribution >= 4 is 28.3 Å². The second-order valence-electron chi connectivity index (χ2n) is 6.32. The summed E-state index contributed by atoms with van der Waals surface area (Å²) >= 11 is 0.448. The largest absolute Gasteiger partial charge is 0.445 e. The zero-order chi connectivity index (χ0) is 20.1. The van der Waals surface area contributed by atoms with Crippen molar-refractivity contribution in [2.45, 2.75) is 19.0 Å². The van der Waals surface area contributed by atoms with Gasteiger partial charge in [-0.3, -0.25) is 9.59 Å². The first-order valence-corrected chi connectivity index (χ1v) is 9.64. The van der Waals surface area contributed by atoms with E-state index in [0.29, 0.717) is 36.5 Å². The van der Waals surface area contributed by atoms with Crippen molar-refractivity contribution in [3.8, 4) is 0 Å². The maximum absolute atomic E-state index is 12.8. The summed E-state index contributed by atoms with van der Waals surface area (Å²) in [4.78, 5) is 27.9. The monoisotopic (exact) mass is 419 g/mol. The maximum Gasteiger partial charge on any atom is 0.445 e. The molecule has 1 saturated heterocycles. The normalized spacial score (nSPS) is 19.8. The summed E-state index contributed by atoms with van der Waals surface area (Å²) < 4.78 is 43.7. The van der Waals surface area contributed by atoms with Crippen LogP contribution in [0, 0.1) is 0 Å². The molecule has 28 heavy (non-hydrogen) atoms. The molecule has 3 rings (SSSR count). The molecule has 0 spiro atoms. The number of alkyl halides is 3. The summed E-state index contributed by atoms with van der Waals surface area (Å²) in [7, 11) is 0. The van der Waals surface area contributed by atoms with Crippen LogP contribution in [0.3, 0.4) is 0 Å². The van der Waals surface area contributed by atoms with Gasteiger partial charge in [0.25, 0.3) is 0 Å². The van der Waals surface area contributed by atoms with Gasteiger partial charge in [-0.2, -0.15) is 13.2 Å². The van der Waals surface area contributed by atoms with E-state index in [2.05, 4.69) is 15.5 Å². The van der Waals surface area contributed by atoms with Crippen LogP contribution >= 0.6 is 11.3 Å². The Morgan fingerprint density at radius 3 is 2.68 bits per heavy atom. The fourth-order valence-corrected chi connectivity index (χ4v) is 3.66. The van der Waals surface area contributed by atoms with Crippen LogP contribution in [0.25, 0.3) is 0 Å². The predicted molar refractivity (Wildman–Crippen MR) is 94.8 cm³/mol. The Morgan fingerprint density at radius 1 is 1.18 bits per heavy atom.